The predicted octanol–water partition coefficient (Wildman–Crippen LogP) is 1.85. The molecule has 1 aromatic carbocycles. The van der Waals surface area contributed by atoms with Crippen LogP contribution in [0.5, 0.6) is 0 Å². The Hall–Kier alpha value is -2.45. The number of carbonyl (C=O) groups excluding carboxylic acids is 3. The highest BCUT2D eigenvalue weighted by atomic mass is 16.5. The van der Waals surface area contributed by atoms with Gasteiger partial charge in [-0.3, -0.25) is 19.3 Å². The summed E-state index contributed by atoms with van der Waals surface area (Å²) in [7, 11) is 1.65. The van der Waals surface area contributed by atoms with E-state index in [2.05, 4.69) is 30.1 Å². The molecule has 0 spiro atoms. The third-order valence-electron chi connectivity index (χ3n) is 6.74. The van der Waals surface area contributed by atoms with Crippen molar-refractivity contribution in [2.24, 2.45) is 5.92 Å². The van der Waals surface area contributed by atoms with E-state index in [0.717, 1.165) is 24.1 Å². The van der Waals surface area contributed by atoms with Crippen molar-refractivity contribution in [2.45, 2.75) is 39.0 Å². The van der Waals surface area contributed by atoms with E-state index in [1.54, 1.807) is 12.0 Å². The molecule has 2 unspecified atom stereocenters. The van der Waals surface area contributed by atoms with Crippen LogP contribution in [0.25, 0.3) is 0 Å². The first-order valence-corrected chi connectivity index (χ1v) is 12.1. The fourth-order valence-corrected chi connectivity index (χ4v) is 4.56. The van der Waals surface area contributed by atoms with Crippen LogP contribution >= 0.6 is 0 Å². The van der Waals surface area contributed by atoms with Crippen molar-refractivity contribution in [3.05, 3.63) is 29.8 Å². The van der Waals surface area contributed by atoms with Crippen molar-refractivity contribution in [1.29, 1.82) is 0 Å². The zero-order chi connectivity index (χ0) is 23.8. The van der Waals surface area contributed by atoms with Crippen LogP contribution in [0.15, 0.2) is 24.3 Å². The van der Waals surface area contributed by atoms with Crippen molar-refractivity contribution in [2.75, 3.05) is 64.4 Å². The molecular weight excluding hydrogens is 420 g/mol. The van der Waals surface area contributed by atoms with Crippen LogP contribution in [0, 0.1) is 5.92 Å². The molecule has 0 bridgehead atoms. The van der Waals surface area contributed by atoms with Gasteiger partial charge < -0.3 is 19.9 Å². The van der Waals surface area contributed by atoms with Gasteiger partial charge in [0.25, 0.3) is 0 Å². The van der Waals surface area contributed by atoms with Gasteiger partial charge >= 0.3 is 0 Å². The lowest BCUT2D eigenvalue weighted by Crippen LogP contribution is -2.52. The fourth-order valence-electron chi connectivity index (χ4n) is 4.56. The summed E-state index contributed by atoms with van der Waals surface area (Å²) >= 11 is 0. The van der Waals surface area contributed by atoms with Gasteiger partial charge in [-0.2, -0.15) is 0 Å². The molecule has 2 aliphatic rings. The summed E-state index contributed by atoms with van der Waals surface area (Å²) < 4.78 is 4.99. The van der Waals surface area contributed by atoms with E-state index in [0.29, 0.717) is 58.3 Å². The van der Waals surface area contributed by atoms with Crippen LogP contribution < -0.4 is 10.2 Å². The summed E-state index contributed by atoms with van der Waals surface area (Å²) in [5.41, 5.74) is 2.10. The van der Waals surface area contributed by atoms with Crippen molar-refractivity contribution in [3.63, 3.8) is 0 Å². The summed E-state index contributed by atoms with van der Waals surface area (Å²) in [6.45, 7) is 8.84. The quantitative estimate of drug-likeness (QED) is 0.541. The number of benzene rings is 1. The topological polar surface area (TPSA) is 82.2 Å². The molecule has 2 saturated heterocycles. The Morgan fingerprint density at radius 1 is 1.18 bits per heavy atom. The van der Waals surface area contributed by atoms with Gasteiger partial charge in [-0.05, 0) is 30.4 Å². The normalized spacial score (nSPS) is 20.2. The van der Waals surface area contributed by atoms with Crippen molar-refractivity contribution in [3.8, 4) is 0 Å². The summed E-state index contributed by atoms with van der Waals surface area (Å²) in [5, 5.41) is 2.90. The van der Waals surface area contributed by atoms with E-state index in [9.17, 15) is 14.4 Å². The molecule has 2 aliphatic heterocycles. The Balaban J connectivity index is 1.50. The Morgan fingerprint density at radius 3 is 2.61 bits per heavy atom. The number of para-hydroxylation sites is 1. The third-order valence-corrected chi connectivity index (χ3v) is 6.74. The summed E-state index contributed by atoms with van der Waals surface area (Å²) in [5.74, 6) is 0.124. The van der Waals surface area contributed by atoms with Gasteiger partial charge in [-0.1, -0.05) is 32.0 Å². The van der Waals surface area contributed by atoms with Gasteiger partial charge in [0.1, 0.15) is 0 Å². The molecule has 8 heteroatoms. The van der Waals surface area contributed by atoms with E-state index >= 15 is 0 Å². The lowest BCUT2D eigenvalue weighted by molar-refractivity contribution is -0.137. The number of rotatable bonds is 10. The molecule has 2 heterocycles. The molecule has 0 aromatic heterocycles. The van der Waals surface area contributed by atoms with Gasteiger partial charge in [-0.15, -0.1) is 0 Å². The number of nitrogens with zero attached hydrogens (tertiary/aromatic N) is 3. The van der Waals surface area contributed by atoms with Gasteiger partial charge in [-0.25, -0.2) is 0 Å². The van der Waals surface area contributed by atoms with Crippen LogP contribution in [0.1, 0.15) is 44.6 Å². The molecule has 33 heavy (non-hydrogen) atoms. The molecule has 1 aromatic rings. The first-order valence-electron chi connectivity index (χ1n) is 12.1. The molecule has 0 aliphatic carbocycles. The van der Waals surface area contributed by atoms with Crippen LogP contribution in [-0.2, 0) is 19.1 Å². The molecular formula is C25H38N4O4. The maximum Gasteiger partial charge on any atom is 0.234 e. The molecule has 3 amide bonds. The van der Waals surface area contributed by atoms with Gasteiger partial charge in [0.15, 0.2) is 0 Å². The van der Waals surface area contributed by atoms with Crippen molar-refractivity contribution < 1.29 is 19.1 Å². The zero-order valence-corrected chi connectivity index (χ0v) is 20.2. The second kappa shape index (κ2) is 12.1. The average molecular weight is 459 g/mol. The minimum Gasteiger partial charge on any atom is -0.385 e. The lowest BCUT2D eigenvalue weighted by Gasteiger charge is -2.35. The number of nitrogens with one attached hydrogen (secondary N) is 1. The molecule has 2 fully saturated rings. The second-order valence-electron chi connectivity index (χ2n) is 9.07. The van der Waals surface area contributed by atoms with Crippen LogP contribution in [0.3, 0.4) is 0 Å². The molecule has 1 N–H and O–H groups in total. The number of hydrogen-bond donors (Lipinski definition) is 1. The largest absolute Gasteiger partial charge is 0.385 e. The van der Waals surface area contributed by atoms with Crippen molar-refractivity contribution >= 4 is 23.4 Å². The van der Waals surface area contributed by atoms with E-state index in [4.69, 9.17) is 4.74 Å². The Kier molecular flexibility index (Phi) is 9.26. The first kappa shape index (κ1) is 25.2. The SMILES string of the molecule is CCC(C)c1ccccc1N1CC(C(=O)N2CCN(CC(=O)NCCCOC)CC2)CC1=O. The van der Waals surface area contributed by atoms with E-state index in [1.807, 2.05) is 23.1 Å². The van der Waals surface area contributed by atoms with E-state index in [1.165, 1.54) is 0 Å². The Labute approximate surface area is 197 Å². The fraction of sp³-hybridized carbons (Fsp3) is 0.640. The number of carbonyl (C=O) groups is 3. The molecule has 182 valence electrons. The number of ether oxygens (including phenoxy) is 1. The summed E-state index contributed by atoms with van der Waals surface area (Å²) in [4.78, 5) is 43.8. The summed E-state index contributed by atoms with van der Waals surface area (Å²) in [6.07, 6.45) is 2.05. The maximum absolute atomic E-state index is 13.2. The number of amides is 3. The third kappa shape index (κ3) is 6.54. The van der Waals surface area contributed by atoms with Crippen LogP contribution in [-0.4, -0.2) is 87.1 Å². The number of anilines is 1. The van der Waals surface area contributed by atoms with Crippen LogP contribution in [0.2, 0.25) is 0 Å². The minimum absolute atomic E-state index is 0.00267. The van der Waals surface area contributed by atoms with E-state index < -0.39 is 0 Å². The lowest BCUT2D eigenvalue weighted by atomic mass is 9.96. The monoisotopic (exact) mass is 458 g/mol. The number of methoxy groups -OCH3 is 1. The molecule has 0 radical (unpaired) electrons. The van der Waals surface area contributed by atoms with Gasteiger partial charge in [0, 0.05) is 65.1 Å². The highest BCUT2D eigenvalue weighted by molar-refractivity contribution is 6.01. The standard InChI is InChI=1S/C25H38N4O4/c1-4-19(2)21-8-5-6-9-22(21)29-17-20(16-24(29)31)25(32)28-13-11-27(12-14-28)18-23(30)26-10-7-15-33-3/h5-6,8-9,19-20H,4,7,10-18H2,1-3H3,(H,26,30). The number of hydrogen-bond acceptors (Lipinski definition) is 5. The molecule has 2 atom stereocenters. The highest BCUT2D eigenvalue weighted by Gasteiger charge is 2.38. The Morgan fingerprint density at radius 2 is 1.91 bits per heavy atom. The predicted molar refractivity (Wildman–Crippen MR) is 128 cm³/mol. The summed E-state index contributed by atoms with van der Waals surface area (Å²) in [6, 6.07) is 8.04. The molecule has 8 nitrogen and oxygen atoms in total. The van der Waals surface area contributed by atoms with E-state index in [-0.39, 0.29) is 30.1 Å². The van der Waals surface area contributed by atoms with Crippen molar-refractivity contribution in [1.82, 2.24) is 15.1 Å². The molecule has 3 rings (SSSR count). The first-order chi connectivity index (χ1) is 15.9. The maximum atomic E-state index is 13.2. The molecule has 0 saturated carbocycles. The van der Waals surface area contributed by atoms with Gasteiger partial charge in [0.2, 0.25) is 17.7 Å². The number of piperazine rings is 1. The van der Waals surface area contributed by atoms with Crippen LogP contribution in [0.4, 0.5) is 5.69 Å². The smallest absolute Gasteiger partial charge is 0.234 e. The minimum atomic E-state index is -0.307. The average Bonchev–Trinajstić information content (AvgIpc) is 3.22. The zero-order valence-electron chi connectivity index (χ0n) is 20.2. The highest BCUT2D eigenvalue weighted by Crippen LogP contribution is 2.34. The van der Waals surface area contributed by atoms with Gasteiger partial charge in [0.05, 0.1) is 12.5 Å². The second-order valence-corrected chi connectivity index (χ2v) is 9.07. The Bertz CT molecular complexity index is 822.